The predicted octanol–water partition coefficient (Wildman–Crippen LogP) is 8.80. The standard InChI is InChI=1S/C29H28Cl2F2N4O4/c1-29(2)9-11-34(12-10-29)28-22(32)15-19(16-23(28)33)35-24(17-3-5-20(30)26(13-17)36(38)39)7-8-25(35)18-4-6-21(31)27(14-18)37(40)41/h3-6,13-16,24-25H,7-12H2,1-2H3. The number of halogens is 4. The summed E-state index contributed by atoms with van der Waals surface area (Å²) in [5, 5.41) is 23.2. The number of nitro benzene ring substituents is 2. The maximum atomic E-state index is 15.7. The van der Waals surface area contributed by atoms with Gasteiger partial charge in [0.2, 0.25) is 0 Å². The van der Waals surface area contributed by atoms with Crippen LogP contribution in [0.2, 0.25) is 10.0 Å². The fraction of sp³-hybridized carbons (Fsp3) is 0.379. The molecular formula is C29H28Cl2F2N4O4. The molecule has 0 aliphatic carbocycles. The van der Waals surface area contributed by atoms with Crippen molar-refractivity contribution in [1.82, 2.24) is 0 Å². The first-order chi connectivity index (χ1) is 19.4. The summed E-state index contributed by atoms with van der Waals surface area (Å²) >= 11 is 12.1. The third-order valence-electron chi connectivity index (χ3n) is 8.22. The van der Waals surface area contributed by atoms with E-state index in [0.717, 1.165) is 12.8 Å². The summed E-state index contributed by atoms with van der Waals surface area (Å²) in [7, 11) is 0. The van der Waals surface area contributed by atoms with Gasteiger partial charge < -0.3 is 9.80 Å². The number of hydrogen-bond donors (Lipinski definition) is 0. The maximum Gasteiger partial charge on any atom is 0.288 e. The Kier molecular flexibility index (Phi) is 7.82. The molecule has 0 bridgehead atoms. The van der Waals surface area contributed by atoms with Gasteiger partial charge in [0.05, 0.1) is 21.9 Å². The summed E-state index contributed by atoms with van der Waals surface area (Å²) in [6.45, 7) is 5.32. The molecule has 0 radical (unpaired) electrons. The molecule has 0 spiro atoms. The fourth-order valence-electron chi connectivity index (χ4n) is 5.92. The van der Waals surface area contributed by atoms with Gasteiger partial charge in [-0.3, -0.25) is 20.2 Å². The van der Waals surface area contributed by atoms with Crippen molar-refractivity contribution in [3.05, 3.63) is 102 Å². The second-order valence-electron chi connectivity index (χ2n) is 11.4. The van der Waals surface area contributed by atoms with Crippen LogP contribution in [0.4, 0.5) is 31.5 Å². The SMILES string of the molecule is CC1(C)CCN(c2c(F)cc(N3C(c4ccc(Cl)c([N+](=O)[O-])c4)CCC3c3ccc(Cl)c([N+](=O)[O-])c3)cc2F)CC1. The molecule has 41 heavy (non-hydrogen) atoms. The lowest BCUT2D eigenvalue weighted by molar-refractivity contribution is -0.384. The summed E-state index contributed by atoms with van der Waals surface area (Å²) < 4.78 is 31.4. The maximum absolute atomic E-state index is 15.7. The molecule has 0 aromatic heterocycles. The molecule has 2 aliphatic rings. The van der Waals surface area contributed by atoms with Crippen LogP contribution in [0.1, 0.15) is 62.7 Å². The summed E-state index contributed by atoms with van der Waals surface area (Å²) in [6, 6.07) is 10.4. The molecule has 2 saturated heterocycles. The summed E-state index contributed by atoms with van der Waals surface area (Å²) in [5.74, 6) is -1.43. The molecule has 3 aromatic rings. The molecule has 5 rings (SSSR count). The number of nitrogens with zero attached hydrogens (tertiary/aromatic N) is 4. The van der Waals surface area contributed by atoms with Crippen LogP contribution in [0.5, 0.6) is 0 Å². The molecule has 0 N–H and O–H groups in total. The Morgan fingerprint density at radius 3 is 1.66 bits per heavy atom. The first kappa shape index (κ1) is 29.0. The molecular weight excluding hydrogens is 577 g/mol. The molecule has 216 valence electrons. The van der Waals surface area contributed by atoms with E-state index < -0.39 is 33.6 Å². The average Bonchev–Trinajstić information content (AvgIpc) is 3.34. The molecule has 2 unspecified atom stereocenters. The van der Waals surface area contributed by atoms with Crippen molar-refractivity contribution in [1.29, 1.82) is 0 Å². The first-order valence-corrected chi connectivity index (χ1v) is 14.0. The number of anilines is 2. The molecule has 12 heteroatoms. The van der Waals surface area contributed by atoms with Gasteiger partial charge in [0.1, 0.15) is 15.7 Å². The van der Waals surface area contributed by atoms with Crippen LogP contribution in [0.3, 0.4) is 0 Å². The molecule has 2 aliphatic heterocycles. The van der Waals surface area contributed by atoms with E-state index in [0.29, 0.717) is 37.1 Å². The van der Waals surface area contributed by atoms with Gasteiger partial charge in [0, 0.05) is 30.9 Å². The van der Waals surface area contributed by atoms with E-state index in [1.807, 2.05) is 0 Å². The lowest BCUT2D eigenvalue weighted by atomic mass is 9.82. The molecule has 2 fully saturated rings. The predicted molar refractivity (Wildman–Crippen MR) is 155 cm³/mol. The number of rotatable bonds is 6. The Hall–Kier alpha value is -3.50. The third kappa shape index (κ3) is 5.67. The number of hydrogen-bond acceptors (Lipinski definition) is 6. The van der Waals surface area contributed by atoms with E-state index in [1.165, 1.54) is 36.4 Å². The topological polar surface area (TPSA) is 92.8 Å². The van der Waals surface area contributed by atoms with Gasteiger partial charge in [-0.2, -0.15) is 0 Å². The third-order valence-corrected chi connectivity index (χ3v) is 8.86. The Morgan fingerprint density at radius 2 is 1.24 bits per heavy atom. The van der Waals surface area contributed by atoms with Gasteiger partial charge in [0.25, 0.3) is 11.4 Å². The quantitative estimate of drug-likeness (QED) is 0.206. The van der Waals surface area contributed by atoms with Crippen molar-refractivity contribution < 1.29 is 18.6 Å². The van der Waals surface area contributed by atoms with Gasteiger partial charge in [-0.15, -0.1) is 0 Å². The molecule has 2 heterocycles. The minimum Gasteiger partial charge on any atom is -0.367 e. The van der Waals surface area contributed by atoms with Crippen molar-refractivity contribution >= 4 is 46.0 Å². The van der Waals surface area contributed by atoms with Crippen LogP contribution in [-0.2, 0) is 0 Å². The van der Waals surface area contributed by atoms with E-state index in [4.69, 9.17) is 23.2 Å². The fourth-order valence-corrected chi connectivity index (χ4v) is 6.29. The van der Waals surface area contributed by atoms with Crippen LogP contribution in [0.25, 0.3) is 0 Å². The van der Waals surface area contributed by atoms with Crippen molar-refractivity contribution in [2.45, 2.75) is 51.6 Å². The number of piperidine rings is 1. The average molecular weight is 605 g/mol. The van der Waals surface area contributed by atoms with Crippen LogP contribution in [-0.4, -0.2) is 22.9 Å². The van der Waals surface area contributed by atoms with Crippen LogP contribution < -0.4 is 9.80 Å². The van der Waals surface area contributed by atoms with Crippen LogP contribution in [0, 0.1) is 37.3 Å². The minimum atomic E-state index is -0.715. The van der Waals surface area contributed by atoms with Gasteiger partial charge in [-0.25, -0.2) is 8.78 Å². The van der Waals surface area contributed by atoms with E-state index in [2.05, 4.69) is 13.8 Å². The van der Waals surface area contributed by atoms with Crippen molar-refractivity contribution in [3.8, 4) is 0 Å². The zero-order valence-corrected chi connectivity index (χ0v) is 24.0. The summed E-state index contributed by atoms with van der Waals surface area (Å²) in [6.07, 6.45) is 2.53. The molecule has 0 amide bonds. The Balaban J connectivity index is 1.60. The summed E-state index contributed by atoms with van der Waals surface area (Å²) in [5.41, 5.74) is 0.753. The highest BCUT2D eigenvalue weighted by molar-refractivity contribution is 6.33. The highest BCUT2D eigenvalue weighted by Crippen LogP contribution is 2.49. The normalized spacial score (nSPS) is 20.3. The zero-order valence-electron chi connectivity index (χ0n) is 22.4. The molecule has 8 nitrogen and oxygen atoms in total. The highest BCUT2D eigenvalue weighted by atomic mass is 35.5. The summed E-state index contributed by atoms with van der Waals surface area (Å²) in [4.78, 5) is 25.5. The second-order valence-corrected chi connectivity index (χ2v) is 12.2. The molecule has 0 saturated carbocycles. The zero-order chi connectivity index (χ0) is 29.6. The Labute approximate surface area is 245 Å². The van der Waals surface area contributed by atoms with Crippen molar-refractivity contribution in [2.24, 2.45) is 5.41 Å². The highest BCUT2D eigenvalue weighted by Gasteiger charge is 2.38. The first-order valence-electron chi connectivity index (χ1n) is 13.3. The lowest BCUT2D eigenvalue weighted by Gasteiger charge is -2.39. The van der Waals surface area contributed by atoms with E-state index in [1.54, 1.807) is 21.9 Å². The Morgan fingerprint density at radius 1 is 0.805 bits per heavy atom. The van der Waals surface area contributed by atoms with Gasteiger partial charge in [0.15, 0.2) is 11.6 Å². The van der Waals surface area contributed by atoms with Gasteiger partial charge in [-0.1, -0.05) is 49.2 Å². The Bertz CT molecular complexity index is 1430. The van der Waals surface area contributed by atoms with E-state index >= 15 is 8.78 Å². The van der Waals surface area contributed by atoms with Crippen molar-refractivity contribution in [3.63, 3.8) is 0 Å². The second kappa shape index (κ2) is 11.1. The van der Waals surface area contributed by atoms with Crippen molar-refractivity contribution in [2.75, 3.05) is 22.9 Å². The van der Waals surface area contributed by atoms with E-state index in [9.17, 15) is 20.2 Å². The molecule has 3 aromatic carbocycles. The number of nitro groups is 2. The van der Waals surface area contributed by atoms with Crippen LogP contribution >= 0.6 is 23.2 Å². The van der Waals surface area contributed by atoms with Crippen LogP contribution in [0.15, 0.2) is 48.5 Å². The lowest BCUT2D eigenvalue weighted by Crippen LogP contribution is -2.38. The largest absolute Gasteiger partial charge is 0.367 e. The van der Waals surface area contributed by atoms with Gasteiger partial charge in [-0.05, 0) is 66.5 Å². The monoisotopic (exact) mass is 604 g/mol. The van der Waals surface area contributed by atoms with E-state index in [-0.39, 0.29) is 38.2 Å². The van der Waals surface area contributed by atoms with Gasteiger partial charge >= 0.3 is 0 Å². The number of benzene rings is 3. The smallest absolute Gasteiger partial charge is 0.288 e. The minimum absolute atomic E-state index is 0.0284. The molecule has 2 atom stereocenters.